The molecule has 0 radical (unpaired) electrons. The molecule has 3 N–H and O–H groups in total. The number of urea groups is 1. The van der Waals surface area contributed by atoms with Crippen molar-refractivity contribution in [1.29, 1.82) is 0 Å². The second-order valence-electron chi connectivity index (χ2n) is 4.73. The summed E-state index contributed by atoms with van der Waals surface area (Å²) in [7, 11) is 0. The van der Waals surface area contributed by atoms with Crippen molar-refractivity contribution >= 4 is 40.6 Å². The Morgan fingerprint density at radius 2 is 1.88 bits per heavy atom. The molecule has 0 aromatic heterocycles. The van der Waals surface area contributed by atoms with Crippen LogP contribution in [0.3, 0.4) is 0 Å². The van der Waals surface area contributed by atoms with Crippen molar-refractivity contribution in [2.24, 2.45) is 0 Å². The van der Waals surface area contributed by atoms with Gasteiger partial charge in [0.25, 0.3) is 0 Å². The molecule has 5 nitrogen and oxygen atoms in total. The number of alkyl halides is 3. The molecule has 0 saturated carbocycles. The molecule has 0 atom stereocenters. The van der Waals surface area contributed by atoms with E-state index in [0.29, 0.717) is 0 Å². The van der Waals surface area contributed by atoms with Gasteiger partial charge in [0.15, 0.2) is 0 Å². The van der Waals surface area contributed by atoms with Gasteiger partial charge in [0.1, 0.15) is 5.75 Å². The Balaban J connectivity index is 2.12. The Morgan fingerprint density at radius 1 is 1.16 bits per heavy atom. The van der Waals surface area contributed by atoms with Gasteiger partial charge >= 0.3 is 12.4 Å². The zero-order valence-electron chi connectivity index (χ0n) is 12.3. The Morgan fingerprint density at radius 3 is 2.52 bits per heavy atom. The number of amides is 2. The van der Waals surface area contributed by atoms with Crippen molar-refractivity contribution in [2.45, 2.75) is 13.0 Å². The first-order valence-electron chi connectivity index (χ1n) is 6.70. The number of rotatable bonds is 4. The summed E-state index contributed by atoms with van der Waals surface area (Å²) < 4.78 is 40.4. The molecule has 2 amide bonds. The van der Waals surface area contributed by atoms with Gasteiger partial charge in [-0.2, -0.15) is 0 Å². The molecule has 2 rings (SSSR count). The topological polar surface area (TPSA) is 70.6 Å². The molecule has 0 saturated heterocycles. The first-order chi connectivity index (χ1) is 11.7. The highest BCUT2D eigenvalue weighted by Crippen LogP contribution is 2.30. The predicted molar refractivity (Wildman–Crippen MR) is 88.2 cm³/mol. The molecule has 0 bridgehead atoms. The summed E-state index contributed by atoms with van der Waals surface area (Å²) in [5.74, 6) is -0.479. The number of hydrogen-bond acceptors (Lipinski definition) is 3. The molecule has 0 heterocycles. The molecule has 0 aliphatic rings. The van der Waals surface area contributed by atoms with Crippen molar-refractivity contribution in [3.8, 4) is 5.75 Å². The lowest BCUT2D eigenvalue weighted by Crippen LogP contribution is -2.21. The smallest absolute Gasteiger partial charge is 0.406 e. The van der Waals surface area contributed by atoms with E-state index in [0.717, 1.165) is 12.1 Å². The first-order valence-corrected chi connectivity index (χ1v) is 7.46. The number of carbonyl (C=O) groups is 1. The van der Waals surface area contributed by atoms with E-state index in [2.05, 4.69) is 15.4 Å². The molecule has 134 valence electrons. The Kier molecular flexibility index (Phi) is 5.99. The van der Waals surface area contributed by atoms with Crippen molar-refractivity contribution in [3.63, 3.8) is 0 Å². The number of benzene rings is 2. The van der Waals surface area contributed by atoms with Crippen LogP contribution in [0.15, 0.2) is 36.4 Å². The molecule has 25 heavy (non-hydrogen) atoms. The molecule has 10 heteroatoms. The molecule has 0 aliphatic heterocycles. The standard InChI is InChI=1S/C15H11Cl2F3N2O3/c16-8-4-12(17)11(7-23)13(5-8)22-14(24)21-9-2-1-3-10(6-9)25-15(18,19)20/h1-6,23H,7H2,(H2,21,22,24). The highest BCUT2D eigenvalue weighted by molar-refractivity contribution is 6.35. The van der Waals surface area contributed by atoms with Crippen LogP contribution in [0.1, 0.15) is 5.56 Å². The lowest BCUT2D eigenvalue weighted by atomic mass is 10.2. The average molecular weight is 395 g/mol. The molecule has 2 aromatic rings. The van der Waals surface area contributed by atoms with Crippen LogP contribution in [-0.2, 0) is 6.61 Å². The van der Waals surface area contributed by atoms with Crippen LogP contribution in [0.5, 0.6) is 5.75 Å². The first kappa shape index (κ1) is 19.2. The summed E-state index contributed by atoms with van der Waals surface area (Å²) in [5.41, 5.74) is 0.480. The van der Waals surface area contributed by atoms with E-state index >= 15 is 0 Å². The zero-order chi connectivity index (χ0) is 18.6. The monoisotopic (exact) mass is 394 g/mol. The van der Waals surface area contributed by atoms with Gasteiger partial charge in [-0.05, 0) is 24.3 Å². The number of carbonyl (C=O) groups excluding carboxylic acids is 1. The predicted octanol–water partition coefficient (Wildman–Crippen LogP) is 5.03. The number of halogens is 5. The van der Waals surface area contributed by atoms with Crippen LogP contribution in [-0.4, -0.2) is 17.5 Å². The van der Waals surface area contributed by atoms with Crippen LogP contribution < -0.4 is 15.4 Å². The number of aliphatic hydroxyl groups excluding tert-OH is 1. The highest BCUT2D eigenvalue weighted by Gasteiger charge is 2.31. The molecule has 0 fully saturated rings. The van der Waals surface area contributed by atoms with Crippen LogP contribution in [0.2, 0.25) is 10.0 Å². The third-order valence-electron chi connectivity index (χ3n) is 2.89. The number of ether oxygens (including phenoxy) is 1. The van der Waals surface area contributed by atoms with E-state index in [1.807, 2.05) is 0 Å². The maximum absolute atomic E-state index is 12.2. The van der Waals surface area contributed by atoms with Gasteiger partial charge in [-0.3, -0.25) is 0 Å². The maximum atomic E-state index is 12.2. The summed E-state index contributed by atoms with van der Waals surface area (Å²) >= 11 is 11.8. The van der Waals surface area contributed by atoms with Gasteiger partial charge in [-0.15, -0.1) is 13.2 Å². The maximum Gasteiger partial charge on any atom is 0.573 e. The molecular weight excluding hydrogens is 384 g/mol. The van der Waals surface area contributed by atoms with Crippen LogP contribution in [0, 0.1) is 0 Å². The summed E-state index contributed by atoms with van der Waals surface area (Å²) in [5, 5.41) is 14.5. The van der Waals surface area contributed by atoms with E-state index in [9.17, 15) is 23.1 Å². The van der Waals surface area contributed by atoms with Gasteiger partial charge in [0.2, 0.25) is 0 Å². The fourth-order valence-electron chi connectivity index (χ4n) is 1.93. The number of nitrogens with one attached hydrogen (secondary N) is 2. The van der Waals surface area contributed by atoms with Gasteiger partial charge in [-0.1, -0.05) is 29.3 Å². The quantitative estimate of drug-likeness (QED) is 0.680. The Bertz CT molecular complexity index is 785. The minimum atomic E-state index is -4.84. The summed E-state index contributed by atoms with van der Waals surface area (Å²) in [6.07, 6.45) is -4.84. The van der Waals surface area contributed by atoms with E-state index < -0.39 is 24.7 Å². The van der Waals surface area contributed by atoms with Gasteiger partial charge in [0.05, 0.1) is 12.3 Å². The third kappa shape index (κ3) is 5.70. The summed E-state index contributed by atoms with van der Waals surface area (Å²) in [6.45, 7) is -0.444. The number of anilines is 2. The summed E-state index contributed by atoms with van der Waals surface area (Å²) in [4.78, 5) is 12.0. The lowest BCUT2D eigenvalue weighted by molar-refractivity contribution is -0.274. The van der Waals surface area contributed by atoms with Crippen molar-refractivity contribution < 1.29 is 27.8 Å². The number of aliphatic hydroxyl groups is 1. The third-order valence-corrected chi connectivity index (χ3v) is 3.45. The SMILES string of the molecule is O=C(Nc1cccc(OC(F)(F)F)c1)Nc1cc(Cl)cc(Cl)c1CO. The summed E-state index contributed by atoms with van der Waals surface area (Å²) in [6, 6.07) is 6.77. The fraction of sp³-hybridized carbons (Fsp3) is 0.133. The second kappa shape index (κ2) is 7.81. The van der Waals surface area contributed by atoms with Gasteiger partial charge in [0, 0.05) is 27.4 Å². The van der Waals surface area contributed by atoms with Crippen molar-refractivity contribution in [3.05, 3.63) is 52.0 Å². The zero-order valence-corrected chi connectivity index (χ0v) is 13.8. The average Bonchev–Trinajstić information content (AvgIpc) is 2.45. The van der Waals surface area contributed by atoms with E-state index in [1.165, 1.54) is 24.3 Å². The van der Waals surface area contributed by atoms with Crippen molar-refractivity contribution in [1.82, 2.24) is 0 Å². The van der Waals surface area contributed by atoms with E-state index in [-0.39, 0.29) is 27.0 Å². The van der Waals surface area contributed by atoms with Crippen LogP contribution in [0.25, 0.3) is 0 Å². The molecule has 2 aromatic carbocycles. The van der Waals surface area contributed by atoms with Gasteiger partial charge < -0.3 is 20.5 Å². The Labute approximate surface area is 150 Å². The highest BCUT2D eigenvalue weighted by atomic mass is 35.5. The van der Waals surface area contributed by atoms with Crippen LogP contribution in [0.4, 0.5) is 29.3 Å². The molecule has 0 spiro atoms. The molecule has 0 aliphatic carbocycles. The normalized spacial score (nSPS) is 11.1. The molecular formula is C15H11Cl2F3N2O3. The van der Waals surface area contributed by atoms with E-state index in [1.54, 1.807) is 0 Å². The van der Waals surface area contributed by atoms with Crippen molar-refractivity contribution in [2.75, 3.05) is 10.6 Å². The molecule has 0 unspecified atom stereocenters. The minimum absolute atomic E-state index is 0.0675. The lowest BCUT2D eigenvalue weighted by Gasteiger charge is -2.13. The Hall–Kier alpha value is -2.16. The minimum Gasteiger partial charge on any atom is -0.406 e. The fourth-order valence-corrected chi connectivity index (χ4v) is 2.48. The largest absolute Gasteiger partial charge is 0.573 e. The van der Waals surface area contributed by atoms with Gasteiger partial charge in [-0.25, -0.2) is 4.79 Å². The second-order valence-corrected chi connectivity index (χ2v) is 5.57. The number of hydrogen-bond donors (Lipinski definition) is 3. The van der Waals surface area contributed by atoms with E-state index in [4.69, 9.17) is 23.2 Å². The van der Waals surface area contributed by atoms with Crippen LogP contribution >= 0.6 is 23.2 Å².